The highest BCUT2D eigenvalue weighted by Crippen LogP contribution is 2.17. The predicted octanol–water partition coefficient (Wildman–Crippen LogP) is 7.07. The van der Waals surface area contributed by atoms with Crippen LogP contribution in [0.2, 0.25) is 0 Å². The molecular formula is C27H44O5. The molecule has 0 radical (unpaired) electrons. The monoisotopic (exact) mass is 448 g/mol. The third kappa shape index (κ3) is 16.8. The first-order valence-corrected chi connectivity index (χ1v) is 12.5. The smallest absolute Gasteiger partial charge is 0.303 e. The molecule has 5 heteroatoms. The summed E-state index contributed by atoms with van der Waals surface area (Å²) in [6.45, 7) is 3.98. The summed E-state index contributed by atoms with van der Waals surface area (Å²) in [5, 5.41) is 8.99. The van der Waals surface area contributed by atoms with Crippen molar-refractivity contribution in [2.45, 2.75) is 123 Å². The lowest BCUT2D eigenvalue weighted by molar-refractivity contribution is -0.145. The zero-order valence-electron chi connectivity index (χ0n) is 20.2. The summed E-state index contributed by atoms with van der Waals surface area (Å²) in [6.07, 6.45) is 15.0. The summed E-state index contributed by atoms with van der Waals surface area (Å²) in [7, 11) is 0. The molecule has 0 saturated carbocycles. The zero-order chi connectivity index (χ0) is 23.4. The number of carboxylic acids is 1. The first-order valence-electron chi connectivity index (χ1n) is 12.5. The standard InChI is InChI=1S/C27H44O5/c1-23(32-24(2)28)16-12-9-7-5-3-4-6-8-10-15-19-26(20-21-27(29)30)31-22-25-17-13-11-14-18-25/h11,13-14,17-18,23,26H,3-10,12,15-16,19-22H2,1-2H3,(H,29,30). The van der Waals surface area contributed by atoms with Gasteiger partial charge in [0.25, 0.3) is 0 Å². The van der Waals surface area contributed by atoms with E-state index in [9.17, 15) is 9.59 Å². The molecule has 0 saturated heterocycles. The van der Waals surface area contributed by atoms with E-state index in [1.54, 1.807) is 0 Å². The molecule has 0 spiro atoms. The van der Waals surface area contributed by atoms with Gasteiger partial charge in [0, 0.05) is 13.3 Å². The second-order valence-corrected chi connectivity index (χ2v) is 8.88. The Morgan fingerprint density at radius 1 is 0.812 bits per heavy atom. The highest BCUT2D eigenvalue weighted by Gasteiger charge is 2.12. The molecule has 0 amide bonds. The molecule has 1 aromatic carbocycles. The number of rotatable bonds is 20. The summed E-state index contributed by atoms with van der Waals surface area (Å²) in [5.74, 6) is -0.940. The number of aliphatic carboxylic acids is 1. The van der Waals surface area contributed by atoms with Crippen LogP contribution in [-0.4, -0.2) is 29.3 Å². The molecule has 182 valence electrons. The third-order valence-corrected chi connectivity index (χ3v) is 5.76. The number of benzene rings is 1. The highest BCUT2D eigenvalue weighted by atomic mass is 16.5. The average Bonchev–Trinajstić information content (AvgIpc) is 2.75. The molecule has 5 nitrogen and oxygen atoms in total. The van der Waals surface area contributed by atoms with Crippen molar-refractivity contribution in [3.63, 3.8) is 0 Å². The first-order chi connectivity index (χ1) is 15.5. The van der Waals surface area contributed by atoms with E-state index < -0.39 is 5.97 Å². The Hall–Kier alpha value is -1.88. The van der Waals surface area contributed by atoms with Crippen LogP contribution in [0.5, 0.6) is 0 Å². The fourth-order valence-electron chi connectivity index (χ4n) is 3.94. The second kappa shape index (κ2) is 18.7. The molecular weight excluding hydrogens is 404 g/mol. The van der Waals surface area contributed by atoms with Gasteiger partial charge in [-0.05, 0) is 38.2 Å². The Morgan fingerprint density at radius 3 is 1.88 bits per heavy atom. The van der Waals surface area contributed by atoms with E-state index in [1.807, 2.05) is 37.3 Å². The number of esters is 1. The SMILES string of the molecule is CC(=O)OC(C)CCCCCCCCCCCCC(CCC(=O)O)OCc1ccccc1. The summed E-state index contributed by atoms with van der Waals surface area (Å²) in [5.41, 5.74) is 1.13. The van der Waals surface area contributed by atoms with E-state index in [4.69, 9.17) is 14.6 Å². The van der Waals surface area contributed by atoms with E-state index in [-0.39, 0.29) is 24.6 Å². The molecule has 2 atom stereocenters. The topological polar surface area (TPSA) is 72.8 Å². The lowest BCUT2D eigenvalue weighted by atomic mass is 10.0. The number of hydrogen-bond donors (Lipinski definition) is 1. The molecule has 32 heavy (non-hydrogen) atoms. The van der Waals surface area contributed by atoms with Crippen LogP contribution in [0.15, 0.2) is 30.3 Å². The maximum Gasteiger partial charge on any atom is 0.303 e. The quantitative estimate of drug-likeness (QED) is 0.171. The van der Waals surface area contributed by atoms with Crippen LogP contribution in [0.1, 0.15) is 109 Å². The fourth-order valence-corrected chi connectivity index (χ4v) is 3.94. The zero-order valence-corrected chi connectivity index (χ0v) is 20.2. The normalized spacial score (nSPS) is 12.9. The van der Waals surface area contributed by atoms with Crippen LogP contribution in [0.4, 0.5) is 0 Å². The van der Waals surface area contributed by atoms with Crippen molar-refractivity contribution < 1.29 is 24.2 Å². The van der Waals surface area contributed by atoms with Crippen LogP contribution < -0.4 is 0 Å². The fraction of sp³-hybridized carbons (Fsp3) is 0.704. The number of carbonyl (C=O) groups excluding carboxylic acids is 1. The molecule has 0 aliphatic carbocycles. The second-order valence-electron chi connectivity index (χ2n) is 8.88. The van der Waals surface area contributed by atoms with Gasteiger partial charge in [0.15, 0.2) is 0 Å². The summed E-state index contributed by atoms with van der Waals surface area (Å²) in [6, 6.07) is 10.1. The lowest BCUT2D eigenvalue weighted by Crippen LogP contribution is -2.15. The van der Waals surface area contributed by atoms with Gasteiger partial charge in [-0.1, -0.05) is 88.1 Å². The van der Waals surface area contributed by atoms with Gasteiger partial charge in [0.2, 0.25) is 0 Å². The van der Waals surface area contributed by atoms with Crippen LogP contribution in [0.25, 0.3) is 0 Å². The maximum absolute atomic E-state index is 10.9. The average molecular weight is 449 g/mol. The first kappa shape index (κ1) is 28.2. The minimum Gasteiger partial charge on any atom is -0.481 e. The molecule has 2 unspecified atom stereocenters. The Morgan fingerprint density at radius 2 is 1.34 bits per heavy atom. The maximum atomic E-state index is 10.9. The van der Waals surface area contributed by atoms with Gasteiger partial charge in [-0.25, -0.2) is 0 Å². The minimum atomic E-state index is -0.753. The Balaban J connectivity index is 2.01. The van der Waals surface area contributed by atoms with Crippen molar-refractivity contribution in [2.24, 2.45) is 0 Å². The van der Waals surface area contributed by atoms with E-state index >= 15 is 0 Å². The summed E-state index contributed by atoms with van der Waals surface area (Å²) in [4.78, 5) is 21.8. The van der Waals surface area contributed by atoms with Gasteiger partial charge < -0.3 is 14.6 Å². The third-order valence-electron chi connectivity index (χ3n) is 5.76. The Bertz CT molecular complexity index is 601. The molecule has 0 bridgehead atoms. The van der Waals surface area contributed by atoms with Crippen molar-refractivity contribution in [3.8, 4) is 0 Å². The number of hydrogen-bond acceptors (Lipinski definition) is 4. The Kier molecular flexibility index (Phi) is 16.4. The van der Waals surface area contributed by atoms with Gasteiger partial charge in [0.05, 0.1) is 18.8 Å². The van der Waals surface area contributed by atoms with Crippen molar-refractivity contribution >= 4 is 11.9 Å². The van der Waals surface area contributed by atoms with Gasteiger partial charge in [-0.3, -0.25) is 9.59 Å². The summed E-state index contributed by atoms with van der Waals surface area (Å²) < 4.78 is 11.2. The van der Waals surface area contributed by atoms with Gasteiger partial charge in [0.1, 0.15) is 0 Å². The molecule has 0 aromatic heterocycles. The van der Waals surface area contributed by atoms with Crippen molar-refractivity contribution in [2.75, 3.05) is 0 Å². The largest absolute Gasteiger partial charge is 0.481 e. The van der Waals surface area contributed by atoms with E-state index in [2.05, 4.69) is 0 Å². The molecule has 1 aromatic rings. The number of unbranched alkanes of at least 4 members (excludes halogenated alkanes) is 9. The molecule has 1 N–H and O–H groups in total. The molecule has 1 rings (SSSR count). The molecule has 0 aliphatic heterocycles. The number of ether oxygens (including phenoxy) is 2. The van der Waals surface area contributed by atoms with Gasteiger partial charge in [-0.15, -0.1) is 0 Å². The van der Waals surface area contributed by atoms with Crippen LogP contribution in [-0.2, 0) is 25.7 Å². The van der Waals surface area contributed by atoms with Crippen LogP contribution in [0.3, 0.4) is 0 Å². The van der Waals surface area contributed by atoms with Crippen molar-refractivity contribution in [1.29, 1.82) is 0 Å². The number of carboxylic acid groups (broad SMARTS) is 1. The Labute approximate surface area is 194 Å². The predicted molar refractivity (Wildman–Crippen MR) is 129 cm³/mol. The van der Waals surface area contributed by atoms with E-state index in [0.717, 1.165) is 31.2 Å². The lowest BCUT2D eigenvalue weighted by Gasteiger charge is -2.17. The van der Waals surface area contributed by atoms with Crippen LogP contribution in [0, 0.1) is 0 Å². The van der Waals surface area contributed by atoms with Crippen molar-refractivity contribution in [1.82, 2.24) is 0 Å². The molecule has 0 heterocycles. The molecule has 0 fully saturated rings. The molecule has 0 aliphatic rings. The summed E-state index contributed by atoms with van der Waals surface area (Å²) >= 11 is 0. The van der Waals surface area contributed by atoms with E-state index in [1.165, 1.54) is 58.3 Å². The van der Waals surface area contributed by atoms with Gasteiger partial charge >= 0.3 is 11.9 Å². The number of carbonyl (C=O) groups is 2. The highest BCUT2D eigenvalue weighted by molar-refractivity contribution is 5.66. The van der Waals surface area contributed by atoms with Crippen molar-refractivity contribution in [3.05, 3.63) is 35.9 Å². The van der Waals surface area contributed by atoms with E-state index in [0.29, 0.717) is 13.0 Å². The minimum absolute atomic E-state index is 0.0230. The van der Waals surface area contributed by atoms with Crippen LogP contribution >= 0.6 is 0 Å². The van der Waals surface area contributed by atoms with Gasteiger partial charge in [-0.2, -0.15) is 0 Å².